The number of thiophene rings is 1. The Hall–Kier alpha value is -3.33. The van der Waals surface area contributed by atoms with Crippen LogP contribution in [0.4, 0.5) is 5.00 Å². The number of fused-ring (bicyclic) bond motifs is 2. The number of hydrogen-bond acceptors (Lipinski definition) is 8. The molecule has 34 heavy (non-hydrogen) atoms. The lowest BCUT2D eigenvalue weighted by Crippen LogP contribution is -2.26. The molecular weight excluding hydrogens is 454 g/mol. The van der Waals surface area contributed by atoms with Gasteiger partial charge in [-0.15, -0.1) is 11.3 Å². The molecule has 0 saturated carbocycles. The number of carbonyl (C=O) groups is 3. The van der Waals surface area contributed by atoms with E-state index >= 15 is 0 Å². The van der Waals surface area contributed by atoms with Crippen LogP contribution in [0.2, 0.25) is 0 Å². The molecule has 1 aromatic carbocycles. The van der Waals surface area contributed by atoms with Crippen LogP contribution in [-0.4, -0.2) is 41.5 Å². The molecule has 0 spiro atoms. The summed E-state index contributed by atoms with van der Waals surface area (Å²) in [6, 6.07) is 4.99. The van der Waals surface area contributed by atoms with E-state index in [2.05, 4.69) is 36.1 Å². The molecule has 1 N–H and O–H groups in total. The molecule has 9 heteroatoms. The Kier molecular flexibility index (Phi) is 6.65. The Balaban J connectivity index is 1.49. The number of nitrogens with one attached hydrogen (secondary N) is 1. The monoisotopic (exact) mass is 481 g/mol. The van der Waals surface area contributed by atoms with Crippen LogP contribution in [0.15, 0.2) is 30.6 Å². The highest BCUT2D eigenvalue weighted by atomic mass is 32.1. The second-order valence-corrected chi connectivity index (χ2v) is 10.5. The van der Waals surface area contributed by atoms with E-state index in [4.69, 9.17) is 9.47 Å². The minimum atomic E-state index is -0.673. The normalized spacial score (nSPS) is 15.5. The highest BCUT2D eigenvalue weighted by molar-refractivity contribution is 7.17. The second-order valence-electron chi connectivity index (χ2n) is 9.36. The van der Waals surface area contributed by atoms with Crippen molar-refractivity contribution in [2.75, 3.05) is 19.0 Å². The summed E-state index contributed by atoms with van der Waals surface area (Å²) in [5.74, 6) is -1.20. The zero-order valence-electron chi connectivity index (χ0n) is 19.6. The molecule has 1 amide bonds. The fraction of sp³-hybridized carbons (Fsp3) is 0.400. The van der Waals surface area contributed by atoms with Crippen LogP contribution in [0.5, 0.6) is 0 Å². The number of aromatic nitrogens is 2. The Morgan fingerprint density at radius 1 is 1.15 bits per heavy atom. The smallest absolute Gasteiger partial charge is 0.341 e. The maximum Gasteiger partial charge on any atom is 0.341 e. The first-order valence-electron chi connectivity index (χ1n) is 11.1. The predicted octanol–water partition coefficient (Wildman–Crippen LogP) is 4.42. The zero-order valence-corrected chi connectivity index (χ0v) is 20.5. The van der Waals surface area contributed by atoms with Gasteiger partial charge >= 0.3 is 11.9 Å². The maximum absolute atomic E-state index is 12.6. The minimum Gasteiger partial charge on any atom is -0.465 e. The number of ether oxygens (including phenoxy) is 2. The number of anilines is 1. The fourth-order valence-electron chi connectivity index (χ4n) is 4.26. The van der Waals surface area contributed by atoms with Gasteiger partial charge in [-0.05, 0) is 48.3 Å². The molecule has 3 aromatic rings. The molecule has 1 atom stereocenters. The van der Waals surface area contributed by atoms with E-state index in [-0.39, 0.29) is 11.0 Å². The first-order chi connectivity index (χ1) is 16.2. The summed E-state index contributed by atoms with van der Waals surface area (Å²) in [5.41, 5.74) is 2.69. The van der Waals surface area contributed by atoms with Crippen molar-refractivity contribution >= 4 is 45.2 Å². The average molecular weight is 482 g/mol. The number of para-hydroxylation sites is 1. The van der Waals surface area contributed by atoms with Gasteiger partial charge < -0.3 is 14.8 Å². The van der Waals surface area contributed by atoms with E-state index in [9.17, 15) is 14.4 Å². The van der Waals surface area contributed by atoms with Crippen molar-refractivity contribution in [2.45, 2.75) is 40.0 Å². The molecule has 0 fully saturated rings. The molecule has 0 bridgehead atoms. The number of methoxy groups -OCH3 is 1. The van der Waals surface area contributed by atoms with Gasteiger partial charge in [-0.2, -0.15) is 0 Å². The summed E-state index contributed by atoms with van der Waals surface area (Å²) >= 11 is 1.39. The molecule has 4 rings (SSSR count). The van der Waals surface area contributed by atoms with Crippen LogP contribution in [0.3, 0.4) is 0 Å². The molecule has 2 aromatic heterocycles. The Morgan fingerprint density at radius 2 is 1.91 bits per heavy atom. The van der Waals surface area contributed by atoms with Gasteiger partial charge in [0.25, 0.3) is 5.91 Å². The number of benzene rings is 1. The van der Waals surface area contributed by atoms with Crippen molar-refractivity contribution in [3.8, 4) is 0 Å². The van der Waals surface area contributed by atoms with Gasteiger partial charge in [0.2, 0.25) is 0 Å². The molecule has 1 unspecified atom stereocenters. The highest BCUT2D eigenvalue weighted by Gasteiger charge is 2.34. The summed E-state index contributed by atoms with van der Waals surface area (Å²) in [5, 5.41) is 3.19. The second kappa shape index (κ2) is 9.50. The van der Waals surface area contributed by atoms with Gasteiger partial charge in [0.05, 0.1) is 23.8 Å². The van der Waals surface area contributed by atoms with Gasteiger partial charge in [-0.25, -0.2) is 9.59 Å². The van der Waals surface area contributed by atoms with E-state index in [0.29, 0.717) is 27.5 Å². The Labute approximate surface area is 201 Å². The van der Waals surface area contributed by atoms with Gasteiger partial charge in [-0.3, -0.25) is 14.8 Å². The van der Waals surface area contributed by atoms with Gasteiger partial charge in [0.15, 0.2) is 6.61 Å². The first-order valence-corrected chi connectivity index (χ1v) is 11.9. The van der Waals surface area contributed by atoms with Gasteiger partial charge in [-0.1, -0.05) is 26.8 Å². The lowest BCUT2D eigenvalue weighted by Gasteiger charge is -2.33. The molecule has 8 nitrogen and oxygen atoms in total. The van der Waals surface area contributed by atoms with Crippen LogP contribution < -0.4 is 5.32 Å². The lowest BCUT2D eigenvalue weighted by atomic mass is 9.72. The average Bonchev–Trinajstić information content (AvgIpc) is 3.18. The van der Waals surface area contributed by atoms with E-state index in [0.717, 1.165) is 29.7 Å². The molecular formula is C25H27N3O5S. The molecule has 0 radical (unpaired) electrons. The highest BCUT2D eigenvalue weighted by Crippen LogP contribution is 2.44. The van der Waals surface area contributed by atoms with E-state index < -0.39 is 24.5 Å². The third kappa shape index (κ3) is 4.79. The third-order valence-electron chi connectivity index (χ3n) is 6.19. The summed E-state index contributed by atoms with van der Waals surface area (Å²) in [6.07, 6.45) is 5.60. The number of hydrogen-bond donors (Lipinski definition) is 1. The number of carbonyl (C=O) groups excluding carboxylic acids is 3. The molecule has 1 aliphatic rings. The van der Waals surface area contributed by atoms with Gasteiger partial charge in [0, 0.05) is 17.3 Å². The van der Waals surface area contributed by atoms with Crippen LogP contribution in [-0.2, 0) is 27.1 Å². The Bertz CT molecular complexity index is 1260. The quantitative estimate of drug-likeness (QED) is 0.537. The van der Waals surface area contributed by atoms with Crippen LogP contribution in [0, 0.1) is 11.3 Å². The van der Waals surface area contributed by atoms with Crippen molar-refractivity contribution in [1.82, 2.24) is 9.97 Å². The van der Waals surface area contributed by atoms with Crippen molar-refractivity contribution < 1.29 is 23.9 Å². The van der Waals surface area contributed by atoms with E-state index in [1.165, 1.54) is 30.8 Å². The van der Waals surface area contributed by atoms with E-state index in [1.807, 2.05) is 0 Å². The largest absolute Gasteiger partial charge is 0.465 e. The molecule has 0 saturated heterocycles. The number of amides is 1. The summed E-state index contributed by atoms with van der Waals surface area (Å²) in [4.78, 5) is 47.2. The van der Waals surface area contributed by atoms with E-state index in [1.54, 1.807) is 18.2 Å². The van der Waals surface area contributed by atoms with Crippen molar-refractivity contribution in [3.63, 3.8) is 0 Å². The number of rotatable bonds is 5. The van der Waals surface area contributed by atoms with Crippen molar-refractivity contribution in [1.29, 1.82) is 0 Å². The van der Waals surface area contributed by atoms with Crippen LogP contribution in [0.1, 0.15) is 58.3 Å². The summed E-state index contributed by atoms with van der Waals surface area (Å²) < 4.78 is 10.2. The molecule has 0 aliphatic heterocycles. The predicted molar refractivity (Wildman–Crippen MR) is 129 cm³/mol. The zero-order chi connectivity index (χ0) is 24.5. The van der Waals surface area contributed by atoms with Crippen LogP contribution >= 0.6 is 11.3 Å². The number of esters is 2. The van der Waals surface area contributed by atoms with Gasteiger partial charge in [0.1, 0.15) is 10.5 Å². The van der Waals surface area contributed by atoms with Crippen LogP contribution in [0.25, 0.3) is 11.0 Å². The SMILES string of the molecule is COC(=O)c1c(NC(=O)COC(=O)c2cccc3nccnc23)sc2c1CCC(C(C)(C)C)C2. The maximum atomic E-state index is 12.6. The standard InChI is InChI=1S/C25H27N3O5S/c1-25(2,3)14-8-9-15-18(12-14)34-22(20(15)24(31)32-4)28-19(29)13-33-23(30)16-6-5-7-17-21(16)27-11-10-26-17/h5-7,10-11,14H,8-9,12-13H2,1-4H3,(H,28,29). The minimum absolute atomic E-state index is 0.150. The van der Waals surface area contributed by atoms with Crippen molar-refractivity contribution in [3.05, 3.63) is 52.2 Å². The Morgan fingerprint density at radius 3 is 2.65 bits per heavy atom. The number of nitrogens with zero attached hydrogens (tertiary/aromatic N) is 2. The molecule has 1 aliphatic carbocycles. The summed E-state index contributed by atoms with van der Waals surface area (Å²) in [7, 11) is 1.33. The molecule has 2 heterocycles. The lowest BCUT2D eigenvalue weighted by molar-refractivity contribution is -0.119. The third-order valence-corrected chi connectivity index (χ3v) is 7.36. The van der Waals surface area contributed by atoms with Crippen molar-refractivity contribution in [2.24, 2.45) is 11.3 Å². The fourth-order valence-corrected chi connectivity index (χ4v) is 5.59. The summed E-state index contributed by atoms with van der Waals surface area (Å²) in [6.45, 7) is 6.16. The first kappa shape index (κ1) is 23.8. The topological polar surface area (TPSA) is 107 Å². The molecule has 178 valence electrons.